The molecule has 6 nitrogen and oxygen atoms in total. The fourth-order valence-corrected chi connectivity index (χ4v) is 2.43. The van der Waals surface area contributed by atoms with Crippen LogP contribution in [0.3, 0.4) is 0 Å². The molecular weight excluding hydrogens is 346 g/mol. The summed E-state index contributed by atoms with van der Waals surface area (Å²) >= 11 is 0. The van der Waals surface area contributed by atoms with Crippen LogP contribution in [-0.2, 0) is 16.0 Å². The highest BCUT2D eigenvalue weighted by Crippen LogP contribution is 2.28. The average molecular weight is 371 g/mol. The predicted molar refractivity (Wildman–Crippen MR) is 102 cm³/mol. The van der Waals surface area contributed by atoms with Crippen molar-refractivity contribution < 1.29 is 23.8 Å². The smallest absolute Gasteiger partial charge is 0.338 e. The second kappa shape index (κ2) is 10.9. The van der Waals surface area contributed by atoms with Gasteiger partial charge in [-0.05, 0) is 44.0 Å². The van der Waals surface area contributed by atoms with Gasteiger partial charge >= 0.3 is 5.97 Å². The minimum atomic E-state index is -0.586. The van der Waals surface area contributed by atoms with Crippen LogP contribution >= 0.6 is 0 Å². The van der Waals surface area contributed by atoms with Gasteiger partial charge in [0.05, 0.1) is 18.8 Å². The Morgan fingerprint density at radius 1 is 0.926 bits per heavy atom. The molecule has 0 aromatic heterocycles. The van der Waals surface area contributed by atoms with Crippen molar-refractivity contribution in [3.8, 4) is 11.5 Å². The predicted octanol–water partition coefficient (Wildman–Crippen LogP) is 3.00. The first kappa shape index (κ1) is 20.3. The number of carbonyl (C=O) groups is 2. The molecule has 0 unspecified atom stereocenters. The van der Waals surface area contributed by atoms with Gasteiger partial charge in [0, 0.05) is 6.54 Å². The number of hydrogen-bond donors (Lipinski definition) is 1. The Labute approximate surface area is 159 Å². The van der Waals surface area contributed by atoms with E-state index >= 15 is 0 Å². The second-order valence-electron chi connectivity index (χ2n) is 5.69. The Balaban J connectivity index is 1.82. The van der Waals surface area contributed by atoms with E-state index in [0.717, 1.165) is 12.0 Å². The van der Waals surface area contributed by atoms with E-state index in [9.17, 15) is 9.59 Å². The minimum Gasteiger partial charge on any atom is -0.490 e. The highest BCUT2D eigenvalue weighted by molar-refractivity contribution is 5.92. The van der Waals surface area contributed by atoms with Gasteiger partial charge in [0.1, 0.15) is 0 Å². The highest BCUT2D eigenvalue weighted by Gasteiger charge is 2.14. The van der Waals surface area contributed by atoms with Crippen molar-refractivity contribution in [1.82, 2.24) is 5.32 Å². The summed E-state index contributed by atoms with van der Waals surface area (Å²) in [4.78, 5) is 24.0. The minimum absolute atomic E-state index is 0.305. The van der Waals surface area contributed by atoms with Crippen LogP contribution in [0.2, 0.25) is 0 Å². The number of hydrogen-bond acceptors (Lipinski definition) is 5. The standard InChI is InChI=1S/C21H25NO5/c1-3-25-18-11-10-17(14-19(18)26-4-2)21(24)27-15-20(23)22-13-12-16-8-6-5-7-9-16/h5-11,14H,3-4,12-13,15H2,1-2H3,(H,22,23). The zero-order valence-corrected chi connectivity index (χ0v) is 15.7. The van der Waals surface area contributed by atoms with E-state index in [2.05, 4.69) is 5.32 Å². The summed E-state index contributed by atoms with van der Waals surface area (Å²) in [6.45, 7) is 4.81. The van der Waals surface area contributed by atoms with E-state index < -0.39 is 5.97 Å². The third-order valence-corrected chi connectivity index (χ3v) is 3.69. The molecule has 2 aromatic carbocycles. The topological polar surface area (TPSA) is 73.9 Å². The number of ether oxygens (including phenoxy) is 3. The van der Waals surface area contributed by atoms with Crippen molar-refractivity contribution in [2.75, 3.05) is 26.4 Å². The molecule has 0 saturated heterocycles. The molecular formula is C21H25NO5. The summed E-state index contributed by atoms with van der Waals surface area (Å²) in [6, 6.07) is 14.6. The molecule has 0 aliphatic carbocycles. The summed E-state index contributed by atoms with van der Waals surface area (Å²) in [5, 5.41) is 2.73. The summed E-state index contributed by atoms with van der Waals surface area (Å²) in [5.74, 6) is 0.114. The third kappa shape index (κ3) is 6.66. The van der Waals surface area contributed by atoms with Crippen molar-refractivity contribution in [2.24, 2.45) is 0 Å². The van der Waals surface area contributed by atoms with Gasteiger partial charge in [-0.1, -0.05) is 30.3 Å². The van der Waals surface area contributed by atoms with Gasteiger partial charge in [-0.15, -0.1) is 0 Å². The zero-order chi connectivity index (χ0) is 19.5. The molecule has 0 bridgehead atoms. The summed E-state index contributed by atoms with van der Waals surface area (Å²) in [5.41, 5.74) is 1.44. The molecule has 0 fully saturated rings. The molecule has 27 heavy (non-hydrogen) atoms. The normalized spacial score (nSPS) is 10.1. The molecule has 1 amide bonds. The second-order valence-corrected chi connectivity index (χ2v) is 5.69. The Kier molecular flexibility index (Phi) is 8.16. The summed E-state index contributed by atoms with van der Waals surface area (Å²) in [6.07, 6.45) is 0.719. The van der Waals surface area contributed by atoms with Crippen LogP contribution < -0.4 is 14.8 Å². The lowest BCUT2D eigenvalue weighted by Crippen LogP contribution is -2.30. The Hall–Kier alpha value is -3.02. The third-order valence-electron chi connectivity index (χ3n) is 3.69. The first-order valence-corrected chi connectivity index (χ1v) is 9.01. The van der Waals surface area contributed by atoms with Gasteiger partial charge in [-0.25, -0.2) is 4.79 Å². The Morgan fingerprint density at radius 2 is 1.63 bits per heavy atom. The number of rotatable bonds is 10. The first-order valence-electron chi connectivity index (χ1n) is 9.01. The number of amides is 1. The largest absolute Gasteiger partial charge is 0.490 e. The maximum atomic E-state index is 12.2. The molecule has 0 atom stereocenters. The van der Waals surface area contributed by atoms with Crippen molar-refractivity contribution in [3.05, 3.63) is 59.7 Å². The van der Waals surface area contributed by atoms with Crippen LogP contribution in [0.4, 0.5) is 0 Å². The Bertz CT molecular complexity index is 745. The summed E-state index contributed by atoms with van der Waals surface area (Å²) < 4.78 is 16.0. The van der Waals surface area contributed by atoms with Crippen LogP contribution in [0.15, 0.2) is 48.5 Å². The molecule has 0 radical (unpaired) electrons. The SMILES string of the molecule is CCOc1ccc(C(=O)OCC(=O)NCCc2ccccc2)cc1OCC. The molecule has 144 valence electrons. The van der Waals surface area contributed by atoms with Crippen LogP contribution in [0.1, 0.15) is 29.8 Å². The van der Waals surface area contributed by atoms with E-state index in [1.807, 2.05) is 44.2 Å². The van der Waals surface area contributed by atoms with Crippen LogP contribution in [-0.4, -0.2) is 38.2 Å². The fraction of sp³-hybridized carbons (Fsp3) is 0.333. The van der Waals surface area contributed by atoms with Gasteiger partial charge < -0.3 is 19.5 Å². The van der Waals surface area contributed by atoms with E-state index in [1.165, 1.54) is 0 Å². The van der Waals surface area contributed by atoms with Crippen LogP contribution in [0.25, 0.3) is 0 Å². The van der Waals surface area contributed by atoms with E-state index in [4.69, 9.17) is 14.2 Å². The molecule has 0 saturated carbocycles. The molecule has 2 aromatic rings. The van der Waals surface area contributed by atoms with E-state index in [1.54, 1.807) is 18.2 Å². The molecule has 0 aliphatic heterocycles. The zero-order valence-electron chi connectivity index (χ0n) is 15.7. The van der Waals surface area contributed by atoms with Crippen molar-refractivity contribution in [3.63, 3.8) is 0 Å². The first-order chi connectivity index (χ1) is 13.1. The van der Waals surface area contributed by atoms with Crippen LogP contribution in [0, 0.1) is 0 Å². The number of esters is 1. The molecule has 2 rings (SSSR count). The van der Waals surface area contributed by atoms with Crippen molar-refractivity contribution >= 4 is 11.9 Å². The summed E-state index contributed by atoms with van der Waals surface area (Å²) in [7, 11) is 0. The molecule has 0 heterocycles. The van der Waals surface area contributed by atoms with Gasteiger partial charge in [-0.3, -0.25) is 4.79 Å². The van der Waals surface area contributed by atoms with Gasteiger partial charge in [-0.2, -0.15) is 0 Å². The molecule has 6 heteroatoms. The molecule has 0 spiro atoms. The molecule has 1 N–H and O–H groups in total. The maximum absolute atomic E-state index is 12.2. The van der Waals surface area contributed by atoms with Gasteiger partial charge in [0.15, 0.2) is 18.1 Å². The average Bonchev–Trinajstić information content (AvgIpc) is 2.68. The Morgan fingerprint density at radius 3 is 2.33 bits per heavy atom. The van der Waals surface area contributed by atoms with Crippen molar-refractivity contribution in [2.45, 2.75) is 20.3 Å². The highest BCUT2D eigenvalue weighted by atomic mass is 16.5. The van der Waals surface area contributed by atoms with Crippen molar-refractivity contribution in [1.29, 1.82) is 0 Å². The molecule has 0 aliphatic rings. The lowest BCUT2D eigenvalue weighted by atomic mass is 10.1. The van der Waals surface area contributed by atoms with Gasteiger partial charge in [0.2, 0.25) is 0 Å². The quantitative estimate of drug-likeness (QED) is 0.650. The van der Waals surface area contributed by atoms with Gasteiger partial charge in [0.25, 0.3) is 5.91 Å². The lowest BCUT2D eigenvalue weighted by molar-refractivity contribution is -0.124. The maximum Gasteiger partial charge on any atom is 0.338 e. The lowest BCUT2D eigenvalue weighted by Gasteiger charge is -2.12. The number of nitrogens with one attached hydrogen (secondary N) is 1. The fourth-order valence-electron chi connectivity index (χ4n) is 2.43. The van der Waals surface area contributed by atoms with Crippen LogP contribution in [0.5, 0.6) is 11.5 Å². The number of carbonyl (C=O) groups excluding carboxylic acids is 2. The van der Waals surface area contributed by atoms with E-state index in [-0.39, 0.29) is 12.5 Å². The number of benzene rings is 2. The monoisotopic (exact) mass is 371 g/mol. The van der Waals surface area contributed by atoms with E-state index in [0.29, 0.717) is 36.8 Å².